The van der Waals surface area contributed by atoms with Crippen LogP contribution in [0.2, 0.25) is 0 Å². The molecular weight excluding hydrogens is 166 g/mol. The molecule has 0 spiro atoms. The third kappa shape index (κ3) is 9.80. The zero-order chi connectivity index (χ0) is 9.94. The van der Waals surface area contributed by atoms with Crippen molar-refractivity contribution in [3.8, 4) is 0 Å². The summed E-state index contributed by atoms with van der Waals surface area (Å²) in [6, 6.07) is 0. The molecule has 0 saturated carbocycles. The van der Waals surface area contributed by atoms with Crippen molar-refractivity contribution in [2.24, 2.45) is 0 Å². The van der Waals surface area contributed by atoms with Crippen molar-refractivity contribution in [2.45, 2.75) is 33.3 Å². The first-order valence-electron chi connectivity index (χ1n) is 5.21. The van der Waals surface area contributed by atoms with Gasteiger partial charge in [-0.1, -0.05) is 6.92 Å². The smallest absolute Gasteiger partial charge is 0.0594 e. The Labute approximate surface area is 81.8 Å². The van der Waals surface area contributed by atoms with E-state index in [9.17, 15) is 0 Å². The lowest BCUT2D eigenvalue weighted by Gasteiger charge is -2.10. The molecule has 0 aromatic carbocycles. The Morgan fingerprint density at radius 3 is 2.46 bits per heavy atom. The Kier molecular flexibility index (Phi) is 9.87. The highest BCUT2D eigenvalue weighted by Crippen LogP contribution is 1.93. The summed E-state index contributed by atoms with van der Waals surface area (Å²) in [5.41, 5.74) is 0. The van der Waals surface area contributed by atoms with Gasteiger partial charge in [-0.15, -0.1) is 0 Å². The van der Waals surface area contributed by atoms with Gasteiger partial charge in [-0.2, -0.15) is 0 Å². The molecule has 0 aliphatic rings. The minimum Gasteiger partial charge on any atom is -0.380 e. The molecule has 13 heavy (non-hydrogen) atoms. The number of hydrogen-bond donors (Lipinski definition) is 1. The molecule has 1 atom stereocenters. The number of nitrogens with one attached hydrogen (secondary N) is 1. The standard InChI is InChI=1S/C10H23NO2/c1-4-10(3)13-9-7-11-6-8-12-5-2/h10-11H,4-9H2,1-3H3. The van der Waals surface area contributed by atoms with E-state index >= 15 is 0 Å². The van der Waals surface area contributed by atoms with Gasteiger partial charge in [0.1, 0.15) is 0 Å². The monoisotopic (exact) mass is 189 g/mol. The fourth-order valence-electron chi connectivity index (χ4n) is 0.864. The highest BCUT2D eigenvalue weighted by atomic mass is 16.5. The maximum Gasteiger partial charge on any atom is 0.0594 e. The Morgan fingerprint density at radius 1 is 1.15 bits per heavy atom. The lowest BCUT2D eigenvalue weighted by atomic mass is 10.3. The van der Waals surface area contributed by atoms with Crippen LogP contribution >= 0.6 is 0 Å². The first-order chi connectivity index (χ1) is 6.31. The van der Waals surface area contributed by atoms with Gasteiger partial charge in [0.15, 0.2) is 0 Å². The largest absolute Gasteiger partial charge is 0.380 e. The van der Waals surface area contributed by atoms with Gasteiger partial charge in [-0.3, -0.25) is 0 Å². The summed E-state index contributed by atoms with van der Waals surface area (Å²) >= 11 is 0. The van der Waals surface area contributed by atoms with Crippen molar-refractivity contribution in [1.29, 1.82) is 0 Å². The normalized spacial score (nSPS) is 13.2. The quantitative estimate of drug-likeness (QED) is 0.557. The predicted molar refractivity (Wildman–Crippen MR) is 55.1 cm³/mol. The summed E-state index contributed by atoms with van der Waals surface area (Å²) in [7, 11) is 0. The molecule has 0 saturated heterocycles. The first-order valence-corrected chi connectivity index (χ1v) is 5.21. The molecule has 0 fully saturated rings. The van der Waals surface area contributed by atoms with Crippen LogP contribution < -0.4 is 5.32 Å². The van der Waals surface area contributed by atoms with Crippen LogP contribution in [-0.2, 0) is 9.47 Å². The fraction of sp³-hybridized carbons (Fsp3) is 1.00. The SMILES string of the molecule is CCOCCNCCOC(C)CC. The molecule has 80 valence electrons. The van der Waals surface area contributed by atoms with Crippen molar-refractivity contribution in [2.75, 3.05) is 32.9 Å². The van der Waals surface area contributed by atoms with Gasteiger partial charge < -0.3 is 14.8 Å². The summed E-state index contributed by atoms with van der Waals surface area (Å²) in [6.07, 6.45) is 1.47. The van der Waals surface area contributed by atoms with Gasteiger partial charge in [-0.25, -0.2) is 0 Å². The summed E-state index contributed by atoms with van der Waals surface area (Å²) in [5, 5.41) is 3.25. The molecule has 1 unspecified atom stereocenters. The van der Waals surface area contributed by atoms with E-state index in [2.05, 4.69) is 19.2 Å². The molecule has 3 heteroatoms. The zero-order valence-electron chi connectivity index (χ0n) is 9.14. The van der Waals surface area contributed by atoms with E-state index in [1.165, 1.54) is 0 Å². The van der Waals surface area contributed by atoms with Crippen molar-refractivity contribution in [1.82, 2.24) is 5.32 Å². The maximum atomic E-state index is 5.49. The van der Waals surface area contributed by atoms with E-state index < -0.39 is 0 Å². The Morgan fingerprint density at radius 2 is 1.85 bits per heavy atom. The lowest BCUT2D eigenvalue weighted by Crippen LogP contribution is -2.25. The second-order valence-corrected chi connectivity index (χ2v) is 3.04. The number of rotatable bonds is 9. The van der Waals surface area contributed by atoms with Crippen LogP contribution in [0.4, 0.5) is 0 Å². The van der Waals surface area contributed by atoms with Crippen molar-refractivity contribution >= 4 is 0 Å². The van der Waals surface area contributed by atoms with Gasteiger partial charge in [0.2, 0.25) is 0 Å². The molecule has 0 aliphatic heterocycles. The lowest BCUT2D eigenvalue weighted by molar-refractivity contribution is 0.0641. The summed E-state index contributed by atoms with van der Waals surface area (Å²) in [5.74, 6) is 0. The third-order valence-corrected chi connectivity index (χ3v) is 1.88. The van der Waals surface area contributed by atoms with Gasteiger partial charge in [-0.05, 0) is 20.3 Å². The van der Waals surface area contributed by atoms with Crippen molar-refractivity contribution in [3.05, 3.63) is 0 Å². The molecule has 3 nitrogen and oxygen atoms in total. The molecule has 1 N–H and O–H groups in total. The van der Waals surface area contributed by atoms with E-state index in [0.717, 1.165) is 39.3 Å². The third-order valence-electron chi connectivity index (χ3n) is 1.88. The molecule has 0 aromatic heterocycles. The van der Waals surface area contributed by atoms with Gasteiger partial charge in [0.25, 0.3) is 0 Å². The molecule has 0 aromatic rings. The molecule has 0 radical (unpaired) electrons. The highest BCUT2D eigenvalue weighted by molar-refractivity contribution is 4.48. The maximum absolute atomic E-state index is 5.49. The minimum absolute atomic E-state index is 0.383. The topological polar surface area (TPSA) is 30.5 Å². The molecule has 0 rings (SSSR count). The molecule has 0 amide bonds. The van der Waals surface area contributed by atoms with Crippen molar-refractivity contribution in [3.63, 3.8) is 0 Å². The Balaban J connectivity index is 2.91. The van der Waals surface area contributed by atoms with Crippen LogP contribution in [0.25, 0.3) is 0 Å². The minimum atomic E-state index is 0.383. The molecular formula is C10H23NO2. The fourth-order valence-corrected chi connectivity index (χ4v) is 0.864. The van der Waals surface area contributed by atoms with Crippen molar-refractivity contribution < 1.29 is 9.47 Å². The molecule has 0 aliphatic carbocycles. The van der Waals surface area contributed by atoms with Gasteiger partial charge in [0, 0.05) is 19.7 Å². The second kappa shape index (κ2) is 9.96. The average Bonchev–Trinajstić information content (AvgIpc) is 2.16. The zero-order valence-corrected chi connectivity index (χ0v) is 9.14. The van der Waals surface area contributed by atoms with Crippen LogP contribution in [0.5, 0.6) is 0 Å². The molecule has 0 bridgehead atoms. The molecule has 0 heterocycles. The van der Waals surface area contributed by atoms with Crippen LogP contribution in [0.1, 0.15) is 27.2 Å². The Hall–Kier alpha value is -0.120. The van der Waals surface area contributed by atoms with E-state index in [1.54, 1.807) is 0 Å². The Bertz CT molecular complexity index is 98.9. The van der Waals surface area contributed by atoms with E-state index in [4.69, 9.17) is 9.47 Å². The first kappa shape index (κ1) is 12.9. The van der Waals surface area contributed by atoms with Crippen LogP contribution in [0.3, 0.4) is 0 Å². The number of hydrogen-bond acceptors (Lipinski definition) is 3. The van der Waals surface area contributed by atoms with E-state index in [1.807, 2.05) is 6.92 Å². The van der Waals surface area contributed by atoms with E-state index in [-0.39, 0.29) is 0 Å². The highest BCUT2D eigenvalue weighted by Gasteiger charge is 1.96. The summed E-state index contributed by atoms with van der Waals surface area (Å²) in [4.78, 5) is 0. The average molecular weight is 189 g/mol. The predicted octanol–water partition coefficient (Wildman–Crippen LogP) is 1.43. The van der Waals surface area contributed by atoms with Crippen LogP contribution in [0, 0.1) is 0 Å². The van der Waals surface area contributed by atoms with Gasteiger partial charge >= 0.3 is 0 Å². The summed E-state index contributed by atoms with van der Waals surface area (Å²) < 4.78 is 10.7. The van der Waals surface area contributed by atoms with Crippen LogP contribution in [0.15, 0.2) is 0 Å². The second-order valence-electron chi connectivity index (χ2n) is 3.04. The van der Waals surface area contributed by atoms with E-state index in [0.29, 0.717) is 6.10 Å². The summed E-state index contributed by atoms with van der Waals surface area (Å²) in [6.45, 7) is 10.4. The van der Waals surface area contributed by atoms with Crippen LogP contribution in [-0.4, -0.2) is 39.0 Å². The number of ether oxygens (including phenoxy) is 2. The van der Waals surface area contributed by atoms with Gasteiger partial charge in [0.05, 0.1) is 19.3 Å².